The Bertz CT molecular complexity index is 190. The zero-order valence-corrected chi connectivity index (χ0v) is 6.74. The molecule has 0 saturated heterocycles. The summed E-state index contributed by atoms with van der Waals surface area (Å²) in [5.74, 6) is -1.11. The molecule has 68 valence electrons. The third kappa shape index (κ3) is 3.60. The molecule has 0 aliphatic rings. The van der Waals surface area contributed by atoms with Crippen LogP contribution in [0.1, 0.15) is 6.42 Å². The number of methoxy groups -OCH3 is 1. The number of alkyl carbamates (subject to hydrolysis) is 1. The largest absolute Gasteiger partial charge is 0.480 e. The maximum Gasteiger partial charge on any atom is 0.407 e. The van der Waals surface area contributed by atoms with Crippen LogP contribution in [-0.4, -0.2) is 30.3 Å². The highest BCUT2D eigenvalue weighted by atomic mass is 16.5. The molecule has 0 rings (SSSR count). The van der Waals surface area contributed by atoms with E-state index in [2.05, 4.69) is 16.6 Å². The molecule has 0 aliphatic carbocycles. The molecule has 0 saturated carbocycles. The lowest BCUT2D eigenvalue weighted by Gasteiger charge is -2.10. The van der Waals surface area contributed by atoms with Crippen LogP contribution in [0.15, 0.2) is 12.7 Å². The minimum absolute atomic E-state index is 0.171. The van der Waals surface area contributed by atoms with Crippen molar-refractivity contribution in [1.29, 1.82) is 0 Å². The van der Waals surface area contributed by atoms with Crippen molar-refractivity contribution in [3.05, 3.63) is 12.7 Å². The second-order valence-electron chi connectivity index (χ2n) is 2.05. The van der Waals surface area contributed by atoms with E-state index in [-0.39, 0.29) is 6.42 Å². The molecule has 0 radical (unpaired) electrons. The molecule has 0 aliphatic heterocycles. The van der Waals surface area contributed by atoms with Gasteiger partial charge < -0.3 is 15.2 Å². The summed E-state index contributed by atoms with van der Waals surface area (Å²) in [5, 5.41) is 10.7. The van der Waals surface area contributed by atoms with Crippen LogP contribution < -0.4 is 5.32 Å². The summed E-state index contributed by atoms with van der Waals surface area (Å²) in [6.45, 7) is 3.36. The quantitative estimate of drug-likeness (QED) is 0.602. The van der Waals surface area contributed by atoms with Crippen LogP contribution in [0.5, 0.6) is 0 Å². The van der Waals surface area contributed by atoms with Gasteiger partial charge in [-0.1, -0.05) is 6.08 Å². The average Bonchev–Trinajstić information content (AvgIpc) is 2.03. The van der Waals surface area contributed by atoms with E-state index >= 15 is 0 Å². The fraction of sp³-hybridized carbons (Fsp3) is 0.429. The highest BCUT2D eigenvalue weighted by Gasteiger charge is 2.17. The topological polar surface area (TPSA) is 75.6 Å². The Balaban J connectivity index is 4.03. The van der Waals surface area contributed by atoms with Crippen molar-refractivity contribution in [3.8, 4) is 0 Å². The number of hydrogen-bond donors (Lipinski definition) is 2. The molecule has 0 fully saturated rings. The highest BCUT2D eigenvalue weighted by molar-refractivity contribution is 5.79. The third-order valence-electron chi connectivity index (χ3n) is 1.18. The normalized spacial score (nSPS) is 11.4. The molecule has 1 atom stereocenters. The molecular formula is C7H11NO4. The Morgan fingerprint density at radius 3 is 2.67 bits per heavy atom. The van der Waals surface area contributed by atoms with Crippen molar-refractivity contribution in [2.45, 2.75) is 12.5 Å². The molecule has 0 aromatic rings. The van der Waals surface area contributed by atoms with Crippen LogP contribution in [0.2, 0.25) is 0 Å². The summed E-state index contributed by atoms with van der Waals surface area (Å²) in [6.07, 6.45) is 0.823. The van der Waals surface area contributed by atoms with Crippen molar-refractivity contribution in [1.82, 2.24) is 5.32 Å². The van der Waals surface area contributed by atoms with Crippen molar-refractivity contribution in [3.63, 3.8) is 0 Å². The van der Waals surface area contributed by atoms with Gasteiger partial charge in [0, 0.05) is 0 Å². The lowest BCUT2D eigenvalue weighted by atomic mass is 10.2. The summed E-state index contributed by atoms with van der Waals surface area (Å²) < 4.78 is 4.23. The van der Waals surface area contributed by atoms with Gasteiger partial charge in [-0.25, -0.2) is 9.59 Å². The summed E-state index contributed by atoms with van der Waals surface area (Å²) in [6, 6.07) is -0.963. The molecule has 0 heterocycles. The van der Waals surface area contributed by atoms with Crippen molar-refractivity contribution >= 4 is 12.1 Å². The average molecular weight is 173 g/mol. The molecule has 0 aromatic heterocycles. The maximum absolute atomic E-state index is 10.6. The zero-order valence-electron chi connectivity index (χ0n) is 6.74. The number of carboxylic acids is 1. The van der Waals surface area contributed by atoms with Gasteiger partial charge in [-0.2, -0.15) is 0 Å². The van der Waals surface area contributed by atoms with E-state index in [0.29, 0.717) is 0 Å². The number of nitrogens with one attached hydrogen (secondary N) is 1. The van der Waals surface area contributed by atoms with E-state index in [4.69, 9.17) is 5.11 Å². The standard InChI is InChI=1S/C7H11NO4/c1-3-4-5(6(9)10)8-7(11)12-2/h3,5H,1,4H2,2H3,(H,8,11)(H,9,10). The predicted molar refractivity (Wildman–Crippen MR) is 41.8 cm³/mol. The van der Waals surface area contributed by atoms with Gasteiger partial charge in [-0.05, 0) is 6.42 Å². The van der Waals surface area contributed by atoms with Gasteiger partial charge in [0.2, 0.25) is 0 Å². The van der Waals surface area contributed by atoms with E-state index in [1.165, 1.54) is 13.2 Å². The Kier molecular flexibility index (Phi) is 4.52. The Hall–Kier alpha value is -1.52. The maximum atomic E-state index is 10.6. The number of carbonyl (C=O) groups is 2. The summed E-state index contributed by atoms with van der Waals surface area (Å²) >= 11 is 0. The van der Waals surface area contributed by atoms with Crippen molar-refractivity contribution in [2.24, 2.45) is 0 Å². The van der Waals surface area contributed by atoms with E-state index < -0.39 is 18.1 Å². The Morgan fingerprint density at radius 1 is 1.75 bits per heavy atom. The van der Waals surface area contributed by atoms with Crippen molar-refractivity contribution in [2.75, 3.05) is 7.11 Å². The summed E-state index contributed by atoms with van der Waals surface area (Å²) in [5.41, 5.74) is 0. The fourth-order valence-corrected chi connectivity index (χ4v) is 0.589. The van der Waals surface area contributed by atoms with Crippen molar-refractivity contribution < 1.29 is 19.4 Å². The van der Waals surface area contributed by atoms with Crippen LogP contribution in [0.3, 0.4) is 0 Å². The van der Waals surface area contributed by atoms with Crippen LogP contribution in [0.25, 0.3) is 0 Å². The van der Waals surface area contributed by atoms with Gasteiger partial charge in [-0.15, -0.1) is 6.58 Å². The van der Waals surface area contributed by atoms with Crippen LogP contribution >= 0.6 is 0 Å². The Morgan fingerprint density at radius 2 is 2.33 bits per heavy atom. The lowest BCUT2D eigenvalue weighted by Crippen LogP contribution is -2.40. The van der Waals surface area contributed by atoms with Crippen LogP contribution in [0, 0.1) is 0 Å². The Labute approximate surface area is 70.0 Å². The number of aliphatic carboxylic acids is 1. The van der Waals surface area contributed by atoms with Crippen LogP contribution in [-0.2, 0) is 9.53 Å². The first-order valence-corrected chi connectivity index (χ1v) is 3.30. The number of rotatable bonds is 4. The van der Waals surface area contributed by atoms with E-state index in [1.54, 1.807) is 0 Å². The van der Waals surface area contributed by atoms with Gasteiger partial charge in [-0.3, -0.25) is 0 Å². The first kappa shape index (κ1) is 10.5. The number of amides is 1. The number of carbonyl (C=O) groups excluding carboxylic acids is 1. The molecule has 0 aromatic carbocycles. The first-order chi connectivity index (χ1) is 5.61. The molecule has 1 unspecified atom stereocenters. The van der Waals surface area contributed by atoms with E-state index in [9.17, 15) is 9.59 Å². The molecule has 5 nitrogen and oxygen atoms in total. The summed E-state index contributed by atoms with van der Waals surface area (Å²) in [4.78, 5) is 21.0. The predicted octanol–water partition coefficient (Wildman–Crippen LogP) is 0.372. The van der Waals surface area contributed by atoms with Gasteiger partial charge in [0.15, 0.2) is 0 Å². The molecule has 12 heavy (non-hydrogen) atoms. The number of carboxylic acid groups (broad SMARTS) is 1. The monoisotopic (exact) mass is 173 g/mol. The molecule has 1 amide bonds. The van der Waals surface area contributed by atoms with E-state index in [0.717, 1.165) is 0 Å². The molecule has 0 bridgehead atoms. The van der Waals surface area contributed by atoms with Gasteiger partial charge >= 0.3 is 12.1 Å². The van der Waals surface area contributed by atoms with Gasteiger partial charge in [0.1, 0.15) is 6.04 Å². The van der Waals surface area contributed by atoms with Gasteiger partial charge in [0.25, 0.3) is 0 Å². The molecule has 5 heteroatoms. The number of hydrogen-bond acceptors (Lipinski definition) is 3. The second-order valence-corrected chi connectivity index (χ2v) is 2.05. The van der Waals surface area contributed by atoms with Crippen LogP contribution in [0.4, 0.5) is 4.79 Å². The lowest BCUT2D eigenvalue weighted by molar-refractivity contribution is -0.139. The fourth-order valence-electron chi connectivity index (χ4n) is 0.589. The summed E-state index contributed by atoms with van der Waals surface area (Å²) in [7, 11) is 1.17. The van der Waals surface area contributed by atoms with Gasteiger partial charge in [0.05, 0.1) is 7.11 Å². The third-order valence-corrected chi connectivity index (χ3v) is 1.18. The highest BCUT2D eigenvalue weighted by Crippen LogP contribution is 1.93. The minimum atomic E-state index is -1.11. The SMILES string of the molecule is C=CCC(NC(=O)OC)C(=O)O. The molecule has 0 spiro atoms. The molecule has 2 N–H and O–H groups in total. The minimum Gasteiger partial charge on any atom is -0.480 e. The molecular weight excluding hydrogens is 162 g/mol. The smallest absolute Gasteiger partial charge is 0.407 e. The second kappa shape index (κ2) is 5.17. The first-order valence-electron chi connectivity index (χ1n) is 3.30. The van der Waals surface area contributed by atoms with E-state index in [1.807, 2.05) is 0 Å². The number of ether oxygens (including phenoxy) is 1. The zero-order chi connectivity index (χ0) is 9.56.